The maximum Gasteiger partial charge on any atom is 0.534 e. The number of methoxy groups -OCH3 is 1. The molecule has 0 unspecified atom stereocenters. The van der Waals surface area contributed by atoms with Gasteiger partial charge in [-0.1, -0.05) is 0 Å². The molecular formula is C13H25NO6. The lowest BCUT2D eigenvalue weighted by atomic mass is 10.2. The van der Waals surface area contributed by atoms with Crippen LogP contribution in [-0.4, -0.2) is 48.8 Å². The Bertz CT molecular complexity index is 329. The lowest BCUT2D eigenvalue weighted by Crippen LogP contribution is -2.41. The molecule has 20 heavy (non-hydrogen) atoms. The van der Waals surface area contributed by atoms with Crippen LogP contribution < -0.4 is 0 Å². The van der Waals surface area contributed by atoms with Crippen LogP contribution in [0.5, 0.6) is 0 Å². The second-order valence-corrected chi connectivity index (χ2v) is 6.13. The van der Waals surface area contributed by atoms with Gasteiger partial charge < -0.3 is 19.0 Å². The molecule has 0 atom stereocenters. The molecule has 0 saturated carbocycles. The van der Waals surface area contributed by atoms with E-state index < -0.39 is 23.5 Å². The van der Waals surface area contributed by atoms with E-state index in [9.17, 15) is 9.59 Å². The zero-order valence-corrected chi connectivity index (χ0v) is 13.3. The predicted molar refractivity (Wildman–Crippen MR) is 72.1 cm³/mol. The molecule has 0 fully saturated rings. The predicted octanol–water partition coefficient (Wildman–Crippen LogP) is 2.74. The first kappa shape index (κ1) is 18.5. The SMILES string of the molecule is COCCN(OC(=O)OC(C)(C)C)C(=O)OC(C)(C)C. The summed E-state index contributed by atoms with van der Waals surface area (Å²) in [4.78, 5) is 28.3. The Balaban J connectivity index is 4.63. The van der Waals surface area contributed by atoms with Crippen LogP contribution in [-0.2, 0) is 19.0 Å². The first-order valence-electron chi connectivity index (χ1n) is 6.35. The van der Waals surface area contributed by atoms with Crippen molar-refractivity contribution >= 4 is 12.2 Å². The maximum absolute atomic E-state index is 11.9. The number of hydrogen-bond acceptors (Lipinski definition) is 6. The topological polar surface area (TPSA) is 74.3 Å². The number of carbonyl (C=O) groups is 2. The third kappa shape index (κ3) is 9.43. The smallest absolute Gasteiger partial charge is 0.442 e. The fourth-order valence-electron chi connectivity index (χ4n) is 1.02. The largest absolute Gasteiger partial charge is 0.534 e. The molecule has 7 heteroatoms. The van der Waals surface area contributed by atoms with Crippen molar-refractivity contribution < 1.29 is 28.6 Å². The third-order valence-corrected chi connectivity index (χ3v) is 1.67. The van der Waals surface area contributed by atoms with Crippen LogP contribution in [0.2, 0.25) is 0 Å². The number of hydrogen-bond donors (Lipinski definition) is 0. The van der Waals surface area contributed by atoms with Crippen LogP contribution in [0.15, 0.2) is 0 Å². The van der Waals surface area contributed by atoms with Gasteiger partial charge in [-0.25, -0.2) is 9.59 Å². The van der Waals surface area contributed by atoms with Crippen molar-refractivity contribution in [2.45, 2.75) is 52.7 Å². The molecule has 0 spiro atoms. The minimum atomic E-state index is -0.973. The highest BCUT2D eigenvalue weighted by atomic mass is 16.8. The summed E-state index contributed by atoms with van der Waals surface area (Å²) in [5.41, 5.74) is -1.41. The van der Waals surface area contributed by atoms with Crippen molar-refractivity contribution in [3.8, 4) is 0 Å². The van der Waals surface area contributed by atoms with Crippen LogP contribution in [0.1, 0.15) is 41.5 Å². The van der Waals surface area contributed by atoms with Gasteiger partial charge in [0.2, 0.25) is 0 Å². The number of nitrogens with zero attached hydrogens (tertiary/aromatic N) is 1. The van der Waals surface area contributed by atoms with Crippen molar-refractivity contribution in [2.24, 2.45) is 0 Å². The average Bonchev–Trinajstić information content (AvgIpc) is 2.18. The summed E-state index contributed by atoms with van der Waals surface area (Å²) < 4.78 is 15.0. The van der Waals surface area contributed by atoms with Crippen LogP contribution in [0, 0.1) is 0 Å². The molecule has 0 aromatic rings. The molecule has 0 N–H and O–H groups in total. The summed E-state index contributed by atoms with van der Waals surface area (Å²) in [6, 6.07) is 0. The quantitative estimate of drug-likeness (QED) is 0.588. The maximum atomic E-state index is 11.9. The van der Waals surface area contributed by atoms with Gasteiger partial charge in [0.05, 0.1) is 13.2 Å². The molecule has 0 aromatic carbocycles. The molecule has 0 bridgehead atoms. The monoisotopic (exact) mass is 291 g/mol. The highest BCUT2D eigenvalue weighted by Gasteiger charge is 2.27. The molecular weight excluding hydrogens is 266 g/mol. The van der Waals surface area contributed by atoms with Crippen molar-refractivity contribution in [3.05, 3.63) is 0 Å². The number of carbonyl (C=O) groups excluding carboxylic acids is 2. The highest BCUT2D eigenvalue weighted by molar-refractivity contribution is 5.70. The Morgan fingerprint density at radius 1 is 0.950 bits per heavy atom. The van der Waals surface area contributed by atoms with Crippen molar-refractivity contribution in [1.29, 1.82) is 0 Å². The Hall–Kier alpha value is -1.50. The molecule has 0 aliphatic rings. The average molecular weight is 291 g/mol. The molecule has 7 nitrogen and oxygen atoms in total. The first-order chi connectivity index (χ1) is 8.94. The number of hydroxylamine groups is 2. The van der Waals surface area contributed by atoms with Crippen molar-refractivity contribution in [2.75, 3.05) is 20.3 Å². The normalized spacial score (nSPS) is 11.8. The second kappa shape index (κ2) is 7.33. The van der Waals surface area contributed by atoms with E-state index >= 15 is 0 Å². The van der Waals surface area contributed by atoms with E-state index in [1.807, 2.05) is 0 Å². The fourth-order valence-corrected chi connectivity index (χ4v) is 1.02. The third-order valence-electron chi connectivity index (χ3n) is 1.67. The highest BCUT2D eigenvalue weighted by Crippen LogP contribution is 2.13. The van der Waals surface area contributed by atoms with E-state index in [2.05, 4.69) is 0 Å². The van der Waals surface area contributed by atoms with E-state index in [0.29, 0.717) is 0 Å². The number of rotatable bonds is 3. The van der Waals surface area contributed by atoms with E-state index in [1.165, 1.54) is 7.11 Å². The zero-order valence-electron chi connectivity index (χ0n) is 13.3. The lowest BCUT2D eigenvalue weighted by molar-refractivity contribution is -0.140. The van der Waals surface area contributed by atoms with E-state index in [4.69, 9.17) is 19.0 Å². The van der Waals surface area contributed by atoms with E-state index in [-0.39, 0.29) is 13.2 Å². The lowest BCUT2D eigenvalue weighted by Gasteiger charge is -2.27. The molecule has 0 aromatic heterocycles. The molecule has 0 aliphatic carbocycles. The van der Waals surface area contributed by atoms with Crippen LogP contribution >= 0.6 is 0 Å². The van der Waals surface area contributed by atoms with Gasteiger partial charge >= 0.3 is 12.2 Å². The molecule has 1 amide bonds. The molecule has 0 saturated heterocycles. The molecule has 118 valence electrons. The Morgan fingerprint density at radius 2 is 1.45 bits per heavy atom. The molecule has 0 rings (SSSR count). The Labute approximate surface area is 120 Å². The van der Waals surface area contributed by atoms with Gasteiger partial charge in [-0.2, -0.15) is 0 Å². The van der Waals surface area contributed by atoms with Crippen LogP contribution in [0.4, 0.5) is 9.59 Å². The summed E-state index contributed by atoms with van der Waals surface area (Å²) >= 11 is 0. The fraction of sp³-hybridized carbons (Fsp3) is 0.846. The minimum Gasteiger partial charge on any atom is -0.442 e. The molecule has 0 aliphatic heterocycles. The Morgan fingerprint density at radius 3 is 1.85 bits per heavy atom. The summed E-state index contributed by atoms with van der Waals surface area (Å²) in [6.07, 6.45) is -1.75. The number of ether oxygens (including phenoxy) is 3. The van der Waals surface area contributed by atoms with E-state index in [1.54, 1.807) is 41.5 Å². The standard InChI is InChI=1S/C13H25NO6/c1-12(2,3)18-10(15)14(8-9-17-7)20-11(16)19-13(4,5)6/h8-9H2,1-7H3. The summed E-state index contributed by atoms with van der Waals surface area (Å²) in [7, 11) is 1.47. The van der Waals surface area contributed by atoms with Crippen molar-refractivity contribution in [3.63, 3.8) is 0 Å². The van der Waals surface area contributed by atoms with Gasteiger partial charge in [0.15, 0.2) is 0 Å². The summed E-state index contributed by atoms with van der Waals surface area (Å²) in [5.74, 6) is 0. The molecule has 0 heterocycles. The first-order valence-corrected chi connectivity index (χ1v) is 6.35. The minimum absolute atomic E-state index is 0.0463. The van der Waals surface area contributed by atoms with Gasteiger partial charge in [0.25, 0.3) is 0 Å². The molecule has 0 radical (unpaired) electrons. The van der Waals surface area contributed by atoms with Crippen LogP contribution in [0.25, 0.3) is 0 Å². The summed E-state index contributed by atoms with van der Waals surface area (Å²) in [5, 5.41) is 0.781. The van der Waals surface area contributed by atoms with Gasteiger partial charge in [-0.15, -0.1) is 5.06 Å². The Kier molecular flexibility index (Phi) is 6.78. The van der Waals surface area contributed by atoms with Crippen LogP contribution in [0.3, 0.4) is 0 Å². The second-order valence-electron chi connectivity index (χ2n) is 6.13. The van der Waals surface area contributed by atoms with Gasteiger partial charge in [-0.3, -0.25) is 0 Å². The van der Waals surface area contributed by atoms with E-state index in [0.717, 1.165) is 5.06 Å². The zero-order chi connectivity index (χ0) is 16.0. The van der Waals surface area contributed by atoms with Gasteiger partial charge in [0.1, 0.15) is 11.2 Å². The van der Waals surface area contributed by atoms with Gasteiger partial charge in [-0.05, 0) is 41.5 Å². The van der Waals surface area contributed by atoms with Crippen molar-refractivity contribution in [1.82, 2.24) is 5.06 Å². The number of amides is 1. The summed E-state index contributed by atoms with van der Waals surface area (Å²) in [6.45, 7) is 10.5. The van der Waals surface area contributed by atoms with Gasteiger partial charge in [0, 0.05) is 7.11 Å².